The molecule has 9 heteroatoms. The summed E-state index contributed by atoms with van der Waals surface area (Å²) in [6.45, 7) is 0.998. The summed E-state index contributed by atoms with van der Waals surface area (Å²) in [7, 11) is 7.26. The van der Waals surface area contributed by atoms with Crippen molar-refractivity contribution in [3.8, 4) is 11.5 Å². The molecule has 33 heavy (non-hydrogen) atoms. The van der Waals surface area contributed by atoms with E-state index < -0.39 is 0 Å². The van der Waals surface area contributed by atoms with Gasteiger partial charge < -0.3 is 19.7 Å². The van der Waals surface area contributed by atoms with Crippen molar-refractivity contribution in [3.05, 3.63) is 70.2 Å². The maximum atomic E-state index is 12.8. The second-order valence-electron chi connectivity index (χ2n) is 7.86. The Labute approximate surface area is 196 Å². The summed E-state index contributed by atoms with van der Waals surface area (Å²) >= 11 is 1.65. The number of methoxy groups -OCH3 is 2. The molecule has 4 rings (SSSR count). The van der Waals surface area contributed by atoms with Crippen LogP contribution >= 0.6 is 11.3 Å². The Hall–Kier alpha value is -3.43. The van der Waals surface area contributed by atoms with Crippen LogP contribution in [-0.2, 0) is 6.54 Å². The molecule has 172 valence electrons. The van der Waals surface area contributed by atoms with Gasteiger partial charge in [0.1, 0.15) is 11.5 Å². The Morgan fingerprint density at radius 3 is 2.73 bits per heavy atom. The third kappa shape index (κ3) is 4.99. The van der Waals surface area contributed by atoms with Crippen molar-refractivity contribution < 1.29 is 14.3 Å². The lowest BCUT2D eigenvalue weighted by atomic mass is 10.1. The van der Waals surface area contributed by atoms with Crippen molar-refractivity contribution in [1.82, 2.24) is 25.0 Å². The van der Waals surface area contributed by atoms with Gasteiger partial charge in [-0.3, -0.25) is 4.79 Å². The van der Waals surface area contributed by atoms with E-state index in [1.807, 2.05) is 43.7 Å². The van der Waals surface area contributed by atoms with Gasteiger partial charge in [0.25, 0.3) is 5.91 Å². The van der Waals surface area contributed by atoms with E-state index in [1.54, 1.807) is 42.6 Å². The van der Waals surface area contributed by atoms with E-state index in [2.05, 4.69) is 31.7 Å². The third-order valence-corrected chi connectivity index (χ3v) is 6.26. The van der Waals surface area contributed by atoms with Gasteiger partial charge in [-0.05, 0) is 54.7 Å². The number of fused-ring (bicyclic) bond motifs is 1. The van der Waals surface area contributed by atoms with Crippen LogP contribution in [0, 0.1) is 0 Å². The maximum absolute atomic E-state index is 12.8. The fraction of sp³-hybridized carbons (Fsp3) is 0.292. The molecule has 0 bridgehead atoms. The number of ether oxygens (including phenoxy) is 2. The second-order valence-corrected chi connectivity index (χ2v) is 8.64. The SMILES string of the molecule is COc1ccc(Cn2ncc3cc(C(=O)NCC(c4ccsc4)N(C)C)cnc32)c(OC)c1. The van der Waals surface area contributed by atoms with Crippen LogP contribution in [0.5, 0.6) is 11.5 Å². The third-order valence-electron chi connectivity index (χ3n) is 5.56. The Morgan fingerprint density at radius 1 is 1.18 bits per heavy atom. The Bertz CT molecular complexity index is 1240. The highest BCUT2D eigenvalue weighted by molar-refractivity contribution is 7.08. The van der Waals surface area contributed by atoms with E-state index in [0.717, 1.165) is 22.4 Å². The summed E-state index contributed by atoms with van der Waals surface area (Å²) in [5.41, 5.74) is 3.35. The Morgan fingerprint density at radius 2 is 2.03 bits per heavy atom. The number of thiophene rings is 1. The Kier molecular flexibility index (Phi) is 6.90. The molecule has 0 saturated heterocycles. The number of carbonyl (C=O) groups excluding carboxylic acids is 1. The maximum Gasteiger partial charge on any atom is 0.252 e. The molecule has 1 N–H and O–H groups in total. The van der Waals surface area contributed by atoms with Crippen LogP contribution < -0.4 is 14.8 Å². The van der Waals surface area contributed by atoms with Crippen LogP contribution in [0.1, 0.15) is 27.5 Å². The number of nitrogens with zero attached hydrogens (tertiary/aromatic N) is 4. The largest absolute Gasteiger partial charge is 0.497 e. The highest BCUT2D eigenvalue weighted by Crippen LogP contribution is 2.26. The molecule has 3 heterocycles. The molecule has 0 aliphatic rings. The van der Waals surface area contributed by atoms with Crippen LogP contribution in [-0.4, -0.2) is 60.4 Å². The normalized spacial score (nSPS) is 12.2. The molecule has 0 spiro atoms. The molecule has 4 aromatic rings. The van der Waals surface area contributed by atoms with Crippen molar-refractivity contribution >= 4 is 28.3 Å². The molecule has 3 aromatic heterocycles. The standard InChI is InChI=1S/C24H27N5O3S/c1-28(2)21(17-7-8-33-15-17)13-26-24(30)19-9-18-12-27-29(23(18)25-11-19)14-16-5-6-20(31-3)10-22(16)32-4/h5-12,15,21H,13-14H2,1-4H3,(H,26,30). The smallest absolute Gasteiger partial charge is 0.252 e. The molecular weight excluding hydrogens is 438 g/mol. The molecule has 1 atom stereocenters. The fourth-order valence-electron chi connectivity index (χ4n) is 3.71. The number of hydrogen-bond donors (Lipinski definition) is 1. The zero-order valence-electron chi connectivity index (χ0n) is 19.1. The van der Waals surface area contributed by atoms with Gasteiger partial charge in [0, 0.05) is 29.8 Å². The summed E-state index contributed by atoms with van der Waals surface area (Å²) in [6, 6.07) is 9.69. The number of rotatable bonds is 9. The summed E-state index contributed by atoms with van der Waals surface area (Å²) in [4.78, 5) is 19.4. The summed E-state index contributed by atoms with van der Waals surface area (Å²) in [6.07, 6.45) is 3.32. The molecule has 1 amide bonds. The lowest BCUT2D eigenvalue weighted by Gasteiger charge is -2.24. The molecule has 0 fully saturated rings. The van der Waals surface area contributed by atoms with Gasteiger partial charge in [0.2, 0.25) is 0 Å². The molecule has 0 radical (unpaired) electrons. The average Bonchev–Trinajstić information content (AvgIpc) is 3.49. The van der Waals surface area contributed by atoms with Crippen molar-refractivity contribution in [1.29, 1.82) is 0 Å². The summed E-state index contributed by atoms with van der Waals surface area (Å²) in [5.74, 6) is 1.29. The predicted octanol–water partition coefficient (Wildman–Crippen LogP) is 3.59. The quantitative estimate of drug-likeness (QED) is 0.407. The minimum atomic E-state index is -0.156. The number of benzene rings is 1. The van der Waals surface area contributed by atoms with Gasteiger partial charge in [0.15, 0.2) is 5.65 Å². The van der Waals surface area contributed by atoms with Crippen LogP contribution in [0.3, 0.4) is 0 Å². The fourth-order valence-corrected chi connectivity index (χ4v) is 4.42. The molecule has 8 nitrogen and oxygen atoms in total. The van der Waals surface area contributed by atoms with E-state index in [0.29, 0.717) is 24.3 Å². The van der Waals surface area contributed by atoms with Gasteiger partial charge in [-0.1, -0.05) is 0 Å². The van der Waals surface area contributed by atoms with Crippen LogP contribution in [0.25, 0.3) is 11.0 Å². The first-order chi connectivity index (χ1) is 16.0. The topological polar surface area (TPSA) is 81.5 Å². The molecule has 0 aliphatic carbocycles. The van der Waals surface area contributed by atoms with Crippen molar-refractivity contribution in [2.24, 2.45) is 0 Å². The predicted molar refractivity (Wildman–Crippen MR) is 129 cm³/mol. The van der Waals surface area contributed by atoms with E-state index in [1.165, 1.54) is 5.56 Å². The van der Waals surface area contributed by atoms with Gasteiger partial charge in [-0.2, -0.15) is 16.4 Å². The van der Waals surface area contributed by atoms with Crippen molar-refractivity contribution in [2.45, 2.75) is 12.6 Å². The highest BCUT2D eigenvalue weighted by atomic mass is 32.1. The van der Waals surface area contributed by atoms with E-state index in [4.69, 9.17) is 9.47 Å². The van der Waals surface area contributed by atoms with Gasteiger partial charge in [-0.25, -0.2) is 9.67 Å². The van der Waals surface area contributed by atoms with Gasteiger partial charge in [-0.15, -0.1) is 0 Å². The first-order valence-corrected chi connectivity index (χ1v) is 11.4. The van der Waals surface area contributed by atoms with Gasteiger partial charge in [0.05, 0.1) is 38.6 Å². The number of pyridine rings is 1. The molecule has 0 saturated carbocycles. The second kappa shape index (κ2) is 10.0. The van der Waals surface area contributed by atoms with Crippen molar-refractivity contribution in [2.75, 3.05) is 34.9 Å². The lowest BCUT2D eigenvalue weighted by molar-refractivity contribution is 0.0941. The molecule has 1 aromatic carbocycles. The number of carbonyl (C=O) groups is 1. The lowest BCUT2D eigenvalue weighted by Crippen LogP contribution is -2.34. The van der Waals surface area contributed by atoms with E-state index in [-0.39, 0.29) is 11.9 Å². The van der Waals surface area contributed by atoms with Crippen LogP contribution in [0.4, 0.5) is 0 Å². The monoisotopic (exact) mass is 465 g/mol. The van der Waals surface area contributed by atoms with Gasteiger partial charge >= 0.3 is 0 Å². The number of likely N-dealkylation sites (N-methyl/N-ethyl adjacent to an activating group) is 1. The zero-order chi connectivity index (χ0) is 23.4. The molecule has 0 aliphatic heterocycles. The van der Waals surface area contributed by atoms with Crippen LogP contribution in [0.15, 0.2) is 53.5 Å². The number of hydrogen-bond acceptors (Lipinski definition) is 7. The highest BCUT2D eigenvalue weighted by Gasteiger charge is 2.17. The summed E-state index contributed by atoms with van der Waals surface area (Å²) < 4.78 is 12.5. The first-order valence-electron chi connectivity index (χ1n) is 10.5. The van der Waals surface area contributed by atoms with Crippen LogP contribution in [0.2, 0.25) is 0 Å². The molecule has 1 unspecified atom stereocenters. The number of amides is 1. The minimum absolute atomic E-state index is 0.110. The minimum Gasteiger partial charge on any atom is -0.497 e. The Balaban J connectivity index is 1.49. The van der Waals surface area contributed by atoms with Crippen molar-refractivity contribution in [3.63, 3.8) is 0 Å². The van der Waals surface area contributed by atoms with E-state index in [9.17, 15) is 4.79 Å². The number of aromatic nitrogens is 3. The average molecular weight is 466 g/mol. The molecular formula is C24H27N5O3S. The zero-order valence-corrected chi connectivity index (χ0v) is 19.9. The number of nitrogens with one attached hydrogen (secondary N) is 1. The first kappa shape index (κ1) is 22.8. The summed E-state index contributed by atoms with van der Waals surface area (Å²) in [5, 5.41) is 12.5. The van der Waals surface area contributed by atoms with E-state index >= 15 is 0 Å².